The zero-order valence-corrected chi connectivity index (χ0v) is 16.5. The Hall–Kier alpha value is -2.39. The molecule has 0 unspecified atom stereocenters. The van der Waals surface area contributed by atoms with Crippen LogP contribution in [0.4, 0.5) is 5.00 Å². The molecule has 1 aromatic carbocycles. The topological polar surface area (TPSA) is 98.8 Å². The van der Waals surface area contributed by atoms with E-state index in [0.717, 1.165) is 29.7 Å². The molecule has 0 spiro atoms. The minimum atomic E-state index is -3.82. The maximum Gasteiger partial charge on any atom is 0.341 e. The van der Waals surface area contributed by atoms with Crippen molar-refractivity contribution in [3.63, 3.8) is 0 Å². The van der Waals surface area contributed by atoms with Gasteiger partial charge in [-0.25, -0.2) is 13.2 Å². The van der Waals surface area contributed by atoms with E-state index in [9.17, 15) is 18.0 Å². The summed E-state index contributed by atoms with van der Waals surface area (Å²) in [5.41, 5.74) is 1.23. The molecule has 1 amide bonds. The lowest BCUT2D eigenvalue weighted by atomic mass is 10.1. The molecule has 1 aromatic heterocycles. The van der Waals surface area contributed by atoms with Crippen LogP contribution in [0.15, 0.2) is 29.2 Å². The molecule has 2 aromatic rings. The Morgan fingerprint density at radius 3 is 2.48 bits per heavy atom. The lowest BCUT2D eigenvalue weighted by Crippen LogP contribution is -2.23. The highest BCUT2D eigenvalue weighted by Gasteiger charge is 2.29. The fourth-order valence-electron chi connectivity index (χ4n) is 3.01. The highest BCUT2D eigenvalue weighted by atomic mass is 32.2. The van der Waals surface area contributed by atoms with Crippen LogP contribution in [0.1, 0.15) is 27.2 Å². The van der Waals surface area contributed by atoms with Gasteiger partial charge in [0.25, 0.3) is 0 Å². The fourth-order valence-corrected chi connectivity index (χ4v) is 5.44. The predicted molar refractivity (Wildman–Crippen MR) is 101 cm³/mol. The van der Waals surface area contributed by atoms with Crippen molar-refractivity contribution in [2.45, 2.75) is 24.2 Å². The number of hydrogen-bond donors (Lipinski definition) is 1. The fraction of sp³-hybridized carbons (Fsp3) is 0.333. The normalized spacial score (nSPS) is 13.1. The summed E-state index contributed by atoms with van der Waals surface area (Å²) in [6.45, 7) is 0. The molecular weight excluding hydrogens is 390 g/mol. The van der Waals surface area contributed by atoms with Crippen LogP contribution in [-0.4, -0.2) is 40.3 Å². The van der Waals surface area contributed by atoms with Gasteiger partial charge in [0.05, 0.1) is 24.7 Å². The average Bonchev–Trinajstić information content (AvgIpc) is 3.21. The smallest absolute Gasteiger partial charge is 0.341 e. The van der Waals surface area contributed by atoms with Crippen LogP contribution >= 0.6 is 11.3 Å². The molecule has 1 aliphatic rings. The molecule has 0 fully saturated rings. The molecular formula is C18H19NO6S2. The summed E-state index contributed by atoms with van der Waals surface area (Å²) in [6.07, 6.45) is 2.53. The number of rotatable bonds is 6. The zero-order chi connectivity index (χ0) is 19.6. The van der Waals surface area contributed by atoms with Gasteiger partial charge in [0.15, 0.2) is 9.84 Å². The molecule has 9 heteroatoms. The van der Waals surface area contributed by atoms with E-state index in [4.69, 9.17) is 9.47 Å². The Balaban J connectivity index is 1.79. The number of carbonyl (C=O) groups is 2. The molecule has 3 rings (SSSR count). The van der Waals surface area contributed by atoms with Gasteiger partial charge in [-0.2, -0.15) is 0 Å². The molecule has 1 aliphatic carbocycles. The molecule has 7 nitrogen and oxygen atoms in total. The van der Waals surface area contributed by atoms with E-state index < -0.39 is 27.5 Å². The number of ether oxygens (including phenoxy) is 2. The van der Waals surface area contributed by atoms with E-state index in [2.05, 4.69) is 5.32 Å². The Bertz CT molecular complexity index is 976. The highest BCUT2D eigenvalue weighted by Crippen LogP contribution is 2.39. The van der Waals surface area contributed by atoms with Crippen molar-refractivity contribution in [3.05, 3.63) is 40.3 Å². The van der Waals surface area contributed by atoms with Crippen LogP contribution in [0.5, 0.6) is 5.75 Å². The first-order valence-electron chi connectivity index (χ1n) is 8.25. The number of hydrogen-bond acceptors (Lipinski definition) is 7. The van der Waals surface area contributed by atoms with Gasteiger partial charge in [0.2, 0.25) is 5.91 Å². The minimum absolute atomic E-state index is 0.0281. The van der Waals surface area contributed by atoms with Crippen molar-refractivity contribution >= 4 is 38.1 Å². The minimum Gasteiger partial charge on any atom is -0.497 e. The molecule has 0 saturated carbocycles. The summed E-state index contributed by atoms with van der Waals surface area (Å²) >= 11 is 1.30. The van der Waals surface area contributed by atoms with Gasteiger partial charge < -0.3 is 14.8 Å². The van der Waals surface area contributed by atoms with Crippen LogP contribution in [0.2, 0.25) is 0 Å². The average molecular weight is 409 g/mol. The molecule has 144 valence electrons. The van der Waals surface area contributed by atoms with Crippen LogP contribution < -0.4 is 10.1 Å². The highest BCUT2D eigenvalue weighted by molar-refractivity contribution is 7.92. The van der Waals surface area contributed by atoms with E-state index in [0.29, 0.717) is 16.3 Å². The third-order valence-corrected chi connectivity index (χ3v) is 7.14. The quantitative estimate of drug-likeness (QED) is 0.736. The van der Waals surface area contributed by atoms with Gasteiger partial charge in [-0.3, -0.25) is 4.79 Å². The van der Waals surface area contributed by atoms with Crippen LogP contribution in [0.3, 0.4) is 0 Å². The first-order chi connectivity index (χ1) is 12.9. The van der Waals surface area contributed by atoms with Crippen LogP contribution in [0.25, 0.3) is 0 Å². The van der Waals surface area contributed by atoms with Gasteiger partial charge >= 0.3 is 5.97 Å². The van der Waals surface area contributed by atoms with Crippen molar-refractivity contribution in [1.82, 2.24) is 0 Å². The van der Waals surface area contributed by atoms with Gasteiger partial charge in [-0.05, 0) is 49.1 Å². The molecule has 0 aliphatic heterocycles. The number of esters is 1. The second-order valence-electron chi connectivity index (χ2n) is 6.04. The molecule has 0 bridgehead atoms. The number of aryl methyl sites for hydroxylation is 1. The lowest BCUT2D eigenvalue weighted by molar-refractivity contribution is -0.113. The summed E-state index contributed by atoms with van der Waals surface area (Å²) in [6, 6.07) is 5.82. The van der Waals surface area contributed by atoms with Crippen molar-refractivity contribution in [2.24, 2.45) is 0 Å². The molecule has 0 radical (unpaired) electrons. The van der Waals surface area contributed by atoms with Gasteiger partial charge in [-0.15, -0.1) is 11.3 Å². The van der Waals surface area contributed by atoms with E-state index >= 15 is 0 Å². The summed E-state index contributed by atoms with van der Waals surface area (Å²) in [5.74, 6) is -1.42. The first-order valence-corrected chi connectivity index (χ1v) is 10.7. The maximum absolute atomic E-state index is 12.5. The molecule has 0 saturated heterocycles. The number of sulfone groups is 1. The molecule has 0 atom stereocenters. The summed E-state index contributed by atoms with van der Waals surface area (Å²) in [4.78, 5) is 25.5. The van der Waals surface area contributed by atoms with Crippen molar-refractivity contribution in [1.29, 1.82) is 0 Å². The monoisotopic (exact) mass is 409 g/mol. The van der Waals surface area contributed by atoms with Crippen LogP contribution in [-0.2, 0) is 32.2 Å². The third-order valence-electron chi connectivity index (χ3n) is 4.30. The number of fused-ring (bicyclic) bond motifs is 1. The van der Waals surface area contributed by atoms with Crippen molar-refractivity contribution in [3.8, 4) is 5.75 Å². The SMILES string of the molecule is COC(=O)c1c(NC(=O)CS(=O)(=O)c2ccc(OC)cc2)sc2c1CCC2. The van der Waals surface area contributed by atoms with Crippen LogP contribution in [0, 0.1) is 0 Å². The number of carbonyl (C=O) groups excluding carboxylic acids is 2. The first kappa shape index (κ1) is 19.4. The van der Waals surface area contributed by atoms with E-state index in [1.54, 1.807) is 0 Å². The molecule has 1 heterocycles. The summed E-state index contributed by atoms with van der Waals surface area (Å²) < 4.78 is 34.7. The number of methoxy groups -OCH3 is 2. The van der Waals surface area contributed by atoms with Crippen molar-refractivity contribution in [2.75, 3.05) is 25.3 Å². The number of nitrogens with one attached hydrogen (secondary N) is 1. The van der Waals surface area contributed by atoms with E-state index in [-0.39, 0.29) is 4.90 Å². The van der Waals surface area contributed by atoms with Gasteiger partial charge in [0.1, 0.15) is 16.5 Å². The Labute approximate surface area is 161 Å². The second-order valence-corrected chi connectivity index (χ2v) is 9.13. The Morgan fingerprint density at radius 1 is 1.15 bits per heavy atom. The van der Waals surface area contributed by atoms with Gasteiger partial charge in [0, 0.05) is 4.88 Å². The Morgan fingerprint density at radius 2 is 1.85 bits per heavy atom. The number of anilines is 1. The predicted octanol–water partition coefficient (Wildman–Crippen LogP) is 2.44. The van der Waals surface area contributed by atoms with Gasteiger partial charge in [-0.1, -0.05) is 0 Å². The second kappa shape index (κ2) is 7.69. The number of thiophene rings is 1. The standard InChI is InChI=1S/C18H19NO6S2/c1-24-11-6-8-12(9-7-11)27(22,23)10-15(20)19-17-16(18(21)25-2)13-4-3-5-14(13)26-17/h6-9H,3-5,10H2,1-2H3,(H,19,20). The van der Waals surface area contributed by atoms with Crippen molar-refractivity contribution < 1.29 is 27.5 Å². The molecule has 27 heavy (non-hydrogen) atoms. The number of amides is 1. The maximum atomic E-state index is 12.5. The lowest BCUT2D eigenvalue weighted by Gasteiger charge is -2.08. The Kier molecular flexibility index (Phi) is 5.52. The third kappa shape index (κ3) is 3.98. The molecule has 1 N–H and O–H groups in total. The zero-order valence-electron chi connectivity index (χ0n) is 14.9. The van der Waals surface area contributed by atoms with E-state index in [1.165, 1.54) is 49.8 Å². The largest absolute Gasteiger partial charge is 0.497 e. The number of benzene rings is 1. The summed E-state index contributed by atoms with van der Waals surface area (Å²) in [7, 11) is -1.06. The van der Waals surface area contributed by atoms with E-state index in [1.807, 2.05) is 0 Å². The summed E-state index contributed by atoms with van der Waals surface area (Å²) in [5, 5.41) is 2.93.